The van der Waals surface area contributed by atoms with E-state index in [0.717, 1.165) is 24.6 Å². The van der Waals surface area contributed by atoms with Gasteiger partial charge in [0.2, 0.25) is 5.95 Å². The zero-order valence-electron chi connectivity index (χ0n) is 14.8. The van der Waals surface area contributed by atoms with Crippen molar-refractivity contribution >= 4 is 35.1 Å². The van der Waals surface area contributed by atoms with Gasteiger partial charge in [0.25, 0.3) is 0 Å². The number of hydrogen-bond donors (Lipinski definition) is 3. The molecule has 0 aliphatic carbocycles. The van der Waals surface area contributed by atoms with Gasteiger partial charge in [-0.3, -0.25) is 0 Å². The molecule has 1 fully saturated rings. The van der Waals surface area contributed by atoms with Crippen LogP contribution in [-0.4, -0.2) is 42.2 Å². The van der Waals surface area contributed by atoms with Crippen molar-refractivity contribution in [3.8, 4) is 0 Å². The minimum Gasteiger partial charge on any atom is -0.356 e. The average molecular weight is 375 g/mol. The van der Waals surface area contributed by atoms with E-state index in [1.165, 1.54) is 12.8 Å². The van der Waals surface area contributed by atoms with E-state index in [2.05, 4.69) is 30.8 Å². The van der Waals surface area contributed by atoms with E-state index in [1.807, 2.05) is 13.0 Å². The molecule has 1 aliphatic heterocycles. The molecule has 1 saturated heterocycles. The van der Waals surface area contributed by atoms with Crippen molar-refractivity contribution in [1.82, 2.24) is 15.3 Å². The Morgan fingerprint density at radius 3 is 2.62 bits per heavy atom. The summed E-state index contributed by atoms with van der Waals surface area (Å²) < 4.78 is 0. The minimum absolute atomic E-state index is 0.267. The minimum atomic E-state index is -0.267. The molecule has 0 radical (unpaired) electrons. The second-order valence-electron chi connectivity index (χ2n) is 6.20. The van der Waals surface area contributed by atoms with Crippen LogP contribution < -0.4 is 20.9 Å². The Balaban J connectivity index is 1.44. The van der Waals surface area contributed by atoms with Crippen molar-refractivity contribution in [3.63, 3.8) is 0 Å². The van der Waals surface area contributed by atoms with E-state index in [1.54, 1.807) is 24.3 Å². The number of carbonyl (C=O) groups excluding carboxylic acids is 1. The summed E-state index contributed by atoms with van der Waals surface area (Å²) >= 11 is 5.82. The standard InChI is InChI=1S/C18H23ClN6O/c1-13-12-16(25-10-2-3-11-25)24-17(22-13)20-8-9-21-18(26)23-15-6-4-14(19)5-7-15/h4-7,12H,2-3,8-11H2,1H3,(H,20,22,24)(H2,21,23,26). The number of rotatable bonds is 6. The number of halogens is 1. The SMILES string of the molecule is Cc1cc(N2CCCC2)nc(NCCNC(=O)Nc2ccc(Cl)cc2)n1. The second-order valence-corrected chi connectivity index (χ2v) is 6.64. The van der Waals surface area contributed by atoms with Gasteiger partial charge in [0, 0.05) is 48.6 Å². The van der Waals surface area contributed by atoms with Gasteiger partial charge in [-0.1, -0.05) is 11.6 Å². The predicted octanol–water partition coefficient (Wildman–Crippen LogP) is 3.27. The Morgan fingerprint density at radius 1 is 1.15 bits per heavy atom. The molecule has 2 aromatic rings. The Kier molecular flexibility index (Phi) is 6.12. The third-order valence-electron chi connectivity index (χ3n) is 4.07. The summed E-state index contributed by atoms with van der Waals surface area (Å²) in [6.07, 6.45) is 2.41. The third kappa shape index (κ3) is 5.23. The fourth-order valence-electron chi connectivity index (χ4n) is 2.80. The fraction of sp³-hybridized carbons (Fsp3) is 0.389. The van der Waals surface area contributed by atoms with Gasteiger partial charge in [0.05, 0.1) is 0 Å². The van der Waals surface area contributed by atoms with Crippen LogP contribution in [0.2, 0.25) is 5.02 Å². The molecule has 0 atom stereocenters. The molecule has 2 amide bonds. The highest BCUT2D eigenvalue weighted by Gasteiger charge is 2.15. The zero-order chi connectivity index (χ0) is 18.4. The highest BCUT2D eigenvalue weighted by Crippen LogP contribution is 2.19. The van der Waals surface area contributed by atoms with Gasteiger partial charge in [-0.25, -0.2) is 9.78 Å². The van der Waals surface area contributed by atoms with E-state index >= 15 is 0 Å². The van der Waals surface area contributed by atoms with Gasteiger partial charge in [-0.15, -0.1) is 0 Å². The summed E-state index contributed by atoms with van der Waals surface area (Å²) in [7, 11) is 0. The van der Waals surface area contributed by atoms with E-state index < -0.39 is 0 Å². The van der Waals surface area contributed by atoms with Crippen LogP contribution in [-0.2, 0) is 0 Å². The number of nitrogens with one attached hydrogen (secondary N) is 3. The number of benzene rings is 1. The summed E-state index contributed by atoms with van der Waals surface area (Å²) in [4.78, 5) is 23.1. The first kappa shape index (κ1) is 18.3. The molecule has 0 unspecified atom stereocenters. The number of hydrogen-bond acceptors (Lipinski definition) is 5. The van der Waals surface area contributed by atoms with Crippen molar-refractivity contribution in [2.75, 3.05) is 41.7 Å². The smallest absolute Gasteiger partial charge is 0.319 e. The largest absolute Gasteiger partial charge is 0.356 e. The molecule has 26 heavy (non-hydrogen) atoms. The van der Waals surface area contributed by atoms with Crippen molar-refractivity contribution in [2.45, 2.75) is 19.8 Å². The topological polar surface area (TPSA) is 82.2 Å². The first-order chi connectivity index (χ1) is 12.6. The van der Waals surface area contributed by atoms with E-state index in [4.69, 9.17) is 11.6 Å². The molecule has 1 aliphatic rings. The summed E-state index contributed by atoms with van der Waals surface area (Å²) in [6.45, 7) is 5.04. The van der Waals surface area contributed by atoms with Crippen LogP contribution in [0.3, 0.4) is 0 Å². The quantitative estimate of drug-likeness (QED) is 0.676. The summed E-state index contributed by atoms with van der Waals surface area (Å²) in [6, 6.07) is 8.70. The van der Waals surface area contributed by atoms with Crippen LogP contribution >= 0.6 is 11.6 Å². The van der Waals surface area contributed by atoms with E-state index in [9.17, 15) is 4.79 Å². The van der Waals surface area contributed by atoms with E-state index in [-0.39, 0.29) is 6.03 Å². The van der Waals surface area contributed by atoms with Gasteiger partial charge in [-0.05, 0) is 44.0 Å². The first-order valence-corrected chi connectivity index (χ1v) is 9.13. The fourth-order valence-corrected chi connectivity index (χ4v) is 2.92. The van der Waals surface area contributed by atoms with Crippen molar-refractivity contribution < 1.29 is 4.79 Å². The number of aryl methyl sites for hydroxylation is 1. The Morgan fingerprint density at radius 2 is 1.88 bits per heavy atom. The summed E-state index contributed by atoms with van der Waals surface area (Å²) in [5.41, 5.74) is 1.62. The zero-order valence-corrected chi connectivity index (χ0v) is 15.5. The maximum atomic E-state index is 11.9. The van der Waals surface area contributed by atoms with Crippen LogP contribution in [0.4, 0.5) is 22.2 Å². The van der Waals surface area contributed by atoms with Gasteiger partial charge in [-0.2, -0.15) is 4.98 Å². The third-order valence-corrected chi connectivity index (χ3v) is 4.32. The molecule has 2 heterocycles. The van der Waals surface area contributed by atoms with Crippen LogP contribution in [0.5, 0.6) is 0 Å². The van der Waals surface area contributed by atoms with Gasteiger partial charge < -0.3 is 20.9 Å². The summed E-state index contributed by atoms with van der Waals surface area (Å²) in [5, 5.41) is 9.34. The molecular formula is C18H23ClN6O. The highest BCUT2D eigenvalue weighted by atomic mass is 35.5. The molecule has 8 heteroatoms. The normalized spacial score (nSPS) is 13.5. The Hall–Kier alpha value is -2.54. The average Bonchev–Trinajstić information content (AvgIpc) is 3.15. The van der Waals surface area contributed by atoms with Crippen LogP contribution in [0.25, 0.3) is 0 Å². The number of urea groups is 1. The lowest BCUT2D eigenvalue weighted by molar-refractivity contribution is 0.252. The van der Waals surface area contributed by atoms with E-state index in [0.29, 0.717) is 29.7 Å². The molecule has 7 nitrogen and oxygen atoms in total. The Bertz CT molecular complexity index is 746. The molecule has 138 valence electrons. The molecule has 0 saturated carbocycles. The van der Waals surface area contributed by atoms with Crippen LogP contribution in [0, 0.1) is 6.92 Å². The van der Waals surface area contributed by atoms with Gasteiger partial charge in [0.15, 0.2) is 0 Å². The predicted molar refractivity (Wildman–Crippen MR) is 105 cm³/mol. The lowest BCUT2D eigenvalue weighted by Crippen LogP contribution is -2.32. The Labute approximate surface area is 158 Å². The summed E-state index contributed by atoms with van der Waals surface area (Å²) in [5.74, 6) is 1.55. The molecule has 1 aromatic carbocycles. The van der Waals surface area contributed by atoms with Crippen LogP contribution in [0.15, 0.2) is 30.3 Å². The van der Waals surface area contributed by atoms with Crippen molar-refractivity contribution in [1.29, 1.82) is 0 Å². The lowest BCUT2D eigenvalue weighted by Gasteiger charge is -2.17. The molecular weight excluding hydrogens is 352 g/mol. The van der Waals surface area contributed by atoms with Gasteiger partial charge in [0.1, 0.15) is 5.82 Å². The molecule has 0 bridgehead atoms. The second kappa shape index (κ2) is 8.71. The van der Waals surface area contributed by atoms with Gasteiger partial charge >= 0.3 is 6.03 Å². The number of aromatic nitrogens is 2. The molecule has 3 rings (SSSR count). The number of nitrogens with zero attached hydrogens (tertiary/aromatic N) is 3. The molecule has 0 spiro atoms. The first-order valence-electron chi connectivity index (χ1n) is 8.75. The number of amides is 2. The highest BCUT2D eigenvalue weighted by molar-refractivity contribution is 6.30. The number of anilines is 3. The van der Waals surface area contributed by atoms with Crippen molar-refractivity contribution in [3.05, 3.63) is 41.0 Å². The molecule has 3 N–H and O–H groups in total. The molecule has 1 aromatic heterocycles. The maximum absolute atomic E-state index is 11.9. The monoisotopic (exact) mass is 374 g/mol. The lowest BCUT2D eigenvalue weighted by atomic mass is 10.3. The maximum Gasteiger partial charge on any atom is 0.319 e. The van der Waals surface area contributed by atoms with Crippen LogP contribution in [0.1, 0.15) is 18.5 Å². The van der Waals surface area contributed by atoms with Crippen molar-refractivity contribution in [2.24, 2.45) is 0 Å². The number of carbonyl (C=O) groups is 1.